The zero-order valence-corrected chi connectivity index (χ0v) is 11.3. The van der Waals surface area contributed by atoms with Crippen LogP contribution in [-0.2, 0) is 0 Å². The van der Waals surface area contributed by atoms with Crippen molar-refractivity contribution in [2.75, 3.05) is 12.0 Å². The number of nitrogens with two attached hydrogens (primary N) is 1. The van der Waals surface area contributed by atoms with Crippen molar-refractivity contribution in [2.45, 2.75) is 19.4 Å². The normalized spacial score (nSPS) is 12.6. The zero-order valence-electron chi connectivity index (χ0n) is 10.5. The van der Waals surface area contributed by atoms with Gasteiger partial charge in [-0.3, -0.25) is 0 Å². The third-order valence-electron chi connectivity index (χ3n) is 2.51. The highest BCUT2D eigenvalue weighted by Crippen LogP contribution is 2.18. The van der Waals surface area contributed by atoms with E-state index in [0.29, 0.717) is 17.4 Å². The molecule has 2 rings (SSSR count). The van der Waals surface area contributed by atoms with Gasteiger partial charge in [-0.25, -0.2) is 4.98 Å². The molecule has 0 saturated carbocycles. The lowest BCUT2D eigenvalue weighted by atomic mass is 10.2. The van der Waals surface area contributed by atoms with Crippen LogP contribution in [0.25, 0.3) is 11.5 Å². The summed E-state index contributed by atoms with van der Waals surface area (Å²) in [6, 6.07) is 5.49. The molecule has 2 aromatic rings. The summed E-state index contributed by atoms with van der Waals surface area (Å²) in [4.78, 5) is 8.65. The van der Waals surface area contributed by atoms with Crippen LogP contribution in [0.5, 0.6) is 0 Å². The molecular formula is C12H16N4OS. The van der Waals surface area contributed by atoms with Crippen LogP contribution in [0.1, 0.15) is 24.0 Å². The van der Waals surface area contributed by atoms with Crippen LogP contribution in [0.3, 0.4) is 0 Å². The molecule has 5 nitrogen and oxygen atoms in total. The number of hydrogen-bond acceptors (Lipinski definition) is 6. The van der Waals surface area contributed by atoms with Crippen molar-refractivity contribution >= 4 is 11.8 Å². The fraction of sp³-hybridized carbons (Fsp3) is 0.417. The monoisotopic (exact) mass is 264 g/mol. The molecule has 1 atom stereocenters. The van der Waals surface area contributed by atoms with E-state index in [1.165, 1.54) is 0 Å². The van der Waals surface area contributed by atoms with Gasteiger partial charge in [0, 0.05) is 5.69 Å². The average molecular weight is 264 g/mol. The Labute approximate surface area is 110 Å². The number of nitrogens with zero attached hydrogens (tertiary/aromatic N) is 3. The molecule has 0 fully saturated rings. The Hall–Kier alpha value is -1.40. The van der Waals surface area contributed by atoms with Gasteiger partial charge in [0.25, 0.3) is 0 Å². The molecule has 0 aliphatic heterocycles. The Balaban J connectivity index is 2.15. The van der Waals surface area contributed by atoms with Gasteiger partial charge in [0.1, 0.15) is 5.69 Å². The quantitative estimate of drug-likeness (QED) is 0.892. The van der Waals surface area contributed by atoms with E-state index in [9.17, 15) is 0 Å². The lowest BCUT2D eigenvalue weighted by Crippen LogP contribution is -2.11. The van der Waals surface area contributed by atoms with Gasteiger partial charge in [-0.05, 0) is 37.5 Å². The highest BCUT2D eigenvalue weighted by atomic mass is 32.2. The van der Waals surface area contributed by atoms with Crippen molar-refractivity contribution in [3.8, 4) is 11.5 Å². The van der Waals surface area contributed by atoms with Crippen LogP contribution in [0, 0.1) is 6.92 Å². The summed E-state index contributed by atoms with van der Waals surface area (Å²) >= 11 is 1.75. The van der Waals surface area contributed by atoms with Crippen molar-refractivity contribution in [1.82, 2.24) is 15.1 Å². The van der Waals surface area contributed by atoms with Crippen molar-refractivity contribution in [1.29, 1.82) is 0 Å². The number of hydrogen-bond donors (Lipinski definition) is 1. The second-order valence-corrected chi connectivity index (χ2v) is 4.99. The Morgan fingerprint density at radius 3 is 2.94 bits per heavy atom. The van der Waals surface area contributed by atoms with Crippen molar-refractivity contribution in [3.63, 3.8) is 0 Å². The molecule has 0 spiro atoms. The molecule has 2 N–H and O–H groups in total. The van der Waals surface area contributed by atoms with Gasteiger partial charge in [-0.1, -0.05) is 11.2 Å². The summed E-state index contributed by atoms with van der Waals surface area (Å²) in [7, 11) is 0. The maximum absolute atomic E-state index is 5.97. The SMILES string of the molecule is CSCC[C@@H](N)c1nc(-c2cccc(C)n2)no1. The van der Waals surface area contributed by atoms with Gasteiger partial charge >= 0.3 is 0 Å². The number of pyridine rings is 1. The van der Waals surface area contributed by atoms with Crippen LogP contribution in [0.2, 0.25) is 0 Å². The minimum absolute atomic E-state index is 0.205. The Bertz CT molecular complexity index is 514. The number of aryl methyl sites for hydroxylation is 1. The van der Waals surface area contributed by atoms with Crippen LogP contribution in [-0.4, -0.2) is 27.1 Å². The fourth-order valence-electron chi connectivity index (χ4n) is 1.53. The second-order valence-electron chi connectivity index (χ2n) is 4.01. The Kier molecular flexibility index (Phi) is 4.33. The number of aromatic nitrogens is 3. The smallest absolute Gasteiger partial charge is 0.243 e. The standard InChI is InChI=1S/C12H16N4OS/c1-8-4-3-5-10(14-8)11-15-12(17-16-11)9(13)6-7-18-2/h3-5,9H,6-7,13H2,1-2H3/t9-/m1/s1. The van der Waals surface area contributed by atoms with Gasteiger partial charge in [-0.2, -0.15) is 16.7 Å². The molecule has 96 valence electrons. The van der Waals surface area contributed by atoms with Crippen molar-refractivity contribution in [3.05, 3.63) is 29.8 Å². The van der Waals surface area contributed by atoms with E-state index in [-0.39, 0.29) is 6.04 Å². The van der Waals surface area contributed by atoms with E-state index in [1.807, 2.05) is 31.4 Å². The Morgan fingerprint density at radius 2 is 2.22 bits per heavy atom. The van der Waals surface area contributed by atoms with Crippen molar-refractivity contribution in [2.24, 2.45) is 5.73 Å². The first kappa shape index (κ1) is 13.0. The summed E-state index contributed by atoms with van der Waals surface area (Å²) in [5.41, 5.74) is 7.60. The first-order chi connectivity index (χ1) is 8.70. The van der Waals surface area contributed by atoms with Gasteiger partial charge in [0.05, 0.1) is 6.04 Å². The second kappa shape index (κ2) is 5.97. The lowest BCUT2D eigenvalue weighted by molar-refractivity contribution is 0.353. The molecule has 6 heteroatoms. The highest BCUT2D eigenvalue weighted by Gasteiger charge is 2.15. The lowest BCUT2D eigenvalue weighted by Gasteiger charge is -2.03. The van der Waals surface area contributed by atoms with Crippen molar-refractivity contribution < 1.29 is 4.52 Å². The van der Waals surface area contributed by atoms with E-state index in [2.05, 4.69) is 15.1 Å². The van der Waals surface area contributed by atoms with E-state index >= 15 is 0 Å². The zero-order chi connectivity index (χ0) is 13.0. The van der Waals surface area contributed by atoms with Gasteiger partial charge in [-0.15, -0.1) is 0 Å². The van der Waals surface area contributed by atoms with Crippen LogP contribution >= 0.6 is 11.8 Å². The summed E-state index contributed by atoms with van der Waals surface area (Å²) in [6.07, 6.45) is 2.87. The molecule has 0 saturated heterocycles. The number of rotatable bonds is 5. The van der Waals surface area contributed by atoms with Crippen LogP contribution < -0.4 is 5.73 Å². The summed E-state index contributed by atoms with van der Waals surface area (Å²) in [5, 5.41) is 3.92. The van der Waals surface area contributed by atoms with E-state index in [0.717, 1.165) is 17.9 Å². The molecule has 18 heavy (non-hydrogen) atoms. The molecule has 0 unspecified atom stereocenters. The highest BCUT2D eigenvalue weighted by molar-refractivity contribution is 7.98. The first-order valence-corrected chi connectivity index (χ1v) is 7.12. The summed E-state index contributed by atoms with van der Waals surface area (Å²) < 4.78 is 5.18. The fourth-order valence-corrected chi connectivity index (χ4v) is 2.02. The minimum atomic E-state index is -0.205. The molecule has 0 bridgehead atoms. The average Bonchev–Trinajstić information content (AvgIpc) is 2.85. The summed E-state index contributed by atoms with van der Waals surface area (Å²) in [5.74, 6) is 1.94. The predicted molar refractivity (Wildman–Crippen MR) is 72.2 cm³/mol. The van der Waals surface area contributed by atoms with Gasteiger partial charge < -0.3 is 10.3 Å². The van der Waals surface area contributed by atoms with Crippen LogP contribution in [0.15, 0.2) is 22.7 Å². The molecule has 2 aromatic heterocycles. The van der Waals surface area contributed by atoms with Gasteiger partial charge in [0.15, 0.2) is 0 Å². The van der Waals surface area contributed by atoms with Crippen LogP contribution in [0.4, 0.5) is 0 Å². The molecule has 0 radical (unpaired) electrons. The maximum atomic E-state index is 5.97. The minimum Gasteiger partial charge on any atom is -0.337 e. The van der Waals surface area contributed by atoms with E-state index < -0.39 is 0 Å². The third kappa shape index (κ3) is 3.08. The topological polar surface area (TPSA) is 77.8 Å². The van der Waals surface area contributed by atoms with E-state index in [1.54, 1.807) is 11.8 Å². The summed E-state index contributed by atoms with van der Waals surface area (Å²) in [6.45, 7) is 1.93. The largest absolute Gasteiger partial charge is 0.337 e. The van der Waals surface area contributed by atoms with Gasteiger partial charge in [0.2, 0.25) is 11.7 Å². The molecule has 0 amide bonds. The first-order valence-electron chi connectivity index (χ1n) is 5.73. The number of thioether (sulfide) groups is 1. The third-order valence-corrected chi connectivity index (χ3v) is 3.15. The molecule has 0 aromatic carbocycles. The molecule has 2 heterocycles. The molecule has 0 aliphatic rings. The molecule has 0 aliphatic carbocycles. The van der Waals surface area contributed by atoms with E-state index in [4.69, 9.17) is 10.3 Å². The predicted octanol–water partition coefficient (Wildman–Crippen LogP) is 2.19. The molecular weight excluding hydrogens is 248 g/mol. The Morgan fingerprint density at radius 1 is 1.39 bits per heavy atom. The maximum Gasteiger partial charge on any atom is 0.243 e.